The highest BCUT2D eigenvalue weighted by molar-refractivity contribution is 6.05. The van der Waals surface area contributed by atoms with E-state index in [1.54, 1.807) is 4.90 Å². The molecule has 1 aromatic rings. The van der Waals surface area contributed by atoms with Gasteiger partial charge in [0.25, 0.3) is 5.91 Å². The molecule has 172 valence electrons. The van der Waals surface area contributed by atoms with Crippen molar-refractivity contribution in [2.45, 2.75) is 63.2 Å². The molecule has 1 aliphatic carbocycles. The smallest absolute Gasteiger partial charge is 0.255 e. The number of rotatable bonds is 7. The number of nitrogens with one attached hydrogen (secondary N) is 2. The lowest BCUT2D eigenvalue weighted by molar-refractivity contribution is -0.136. The Kier molecular flexibility index (Phi) is 5.77. The summed E-state index contributed by atoms with van der Waals surface area (Å²) in [4.78, 5) is 41.0. The van der Waals surface area contributed by atoms with Crippen LogP contribution in [0.25, 0.3) is 0 Å². The van der Waals surface area contributed by atoms with E-state index in [-0.39, 0.29) is 36.3 Å². The van der Waals surface area contributed by atoms with Gasteiger partial charge >= 0.3 is 0 Å². The first-order chi connectivity index (χ1) is 15.5. The number of nitrogens with zero attached hydrogens (tertiary/aromatic N) is 2. The van der Waals surface area contributed by atoms with Gasteiger partial charge in [-0.3, -0.25) is 24.6 Å². The SMILES string of the molecule is O=C1CCC(N2Cc3ccc(CN(CC4CC4)C4(CO)CCNCC4)cc3C2=O)C(=O)N1. The molecule has 8 nitrogen and oxygen atoms in total. The first kappa shape index (κ1) is 21.6. The number of hydrogen-bond donors (Lipinski definition) is 3. The maximum Gasteiger partial charge on any atom is 0.255 e. The second-order valence-corrected chi connectivity index (χ2v) is 9.85. The van der Waals surface area contributed by atoms with E-state index in [9.17, 15) is 19.5 Å². The highest BCUT2D eigenvalue weighted by atomic mass is 16.3. The standard InChI is InChI=1S/C24H32N4O4/c29-15-24(7-9-25-10-8-24)27(12-16-1-2-16)13-17-3-4-18-14-28(23(32)19(18)11-17)20-5-6-21(30)26-22(20)31/h3-4,11,16,20,25,29H,1-2,5-10,12-15H2,(H,26,30,31). The molecule has 0 bridgehead atoms. The van der Waals surface area contributed by atoms with Gasteiger partial charge in [-0.25, -0.2) is 0 Å². The van der Waals surface area contributed by atoms with Gasteiger partial charge < -0.3 is 15.3 Å². The number of carbonyl (C=O) groups is 3. The normalized spacial score (nSPS) is 25.2. The van der Waals surface area contributed by atoms with Crippen LogP contribution in [0, 0.1) is 5.92 Å². The molecular weight excluding hydrogens is 408 g/mol. The van der Waals surface area contributed by atoms with Crippen LogP contribution in [0.15, 0.2) is 18.2 Å². The molecule has 0 aromatic heterocycles. The monoisotopic (exact) mass is 440 g/mol. The summed E-state index contributed by atoms with van der Waals surface area (Å²) < 4.78 is 0. The van der Waals surface area contributed by atoms with Crippen LogP contribution in [0.3, 0.4) is 0 Å². The lowest BCUT2D eigenvalue weighted by Crippen LogP contribution is -2.57. The lowest BCUT2D eigenvalue weighted by Gasteiger charge is -2.46. The molecule has 3 N–H and O–H groups in total. The molecule has 8 heteroatoms. The van der Waals surface area contributed by atoms with E-state index in [1.807, 2.05) is 12.1 Å². The van der Waals surface area contributed by atoms with Crippen molar-refractivity contribution >= 4 is 17.7 Å². The maximum absolute atomic E-state index is 13.2. The van der Waals surface area contributed by atoms with Crippen LogP contribution in [-0.4, -0.2) is 70.4 Å². The summed E-state index contributed by atoms with van der Waals surface area (Å²) in [6, 6.07) is 5.45. The van der Waals surface area contributed by atoms with Gasteiger partial charge in [0.15, 0.2) is 0 Å². The van der Waals surface area contributed by atoms with Crippen LogP contribution in [0.4, 0.5) is 0 Å². The second-order valence-electron chi connectivity index (χ2n) is 9.85. The topological polar surface area (TPSA) is 102 Å². The predicted molar refractivity (Wildman–Crippen MR) is 118 cm³/mol. The predicted octanol–water partition coefficient (Wildman–Crippen LogP) is 0.774. The molecule has 32 heavy (non-hydrogen) atoms. The van der Waals surface area contributed by atoms with Crippen molar-refractivity contribution in [3.8, 4) is 0 Å². The quantitative estimate of drug-likeness (QED) is 0.542. The molecule has 0 spiro atoms. The molecule has 0 radical (unpaired) electrons. The Bertz CT molecular complexity index is 923. The van der Waals surface area contributed by atoms with Gasteiger partial charge in [-0.15, -0.1) is 0 Å². The van der Waals surface area contributed by atoms with Crippen molar-refractivity contribution in [2.24, 2.45) is 5.92 Å². The maximum atomic E-state index is 13.2. The van der Waals surface area contributed by atoms with Gasteiger partial charge in [-0.05, 0) is 68.3 Å². The third-order valence-corrected chi connectivity index (χ3v) is 7.64. The van der Waals surface area contributed by atoms with E-state index in [0.29, 0.717) is 31.0 Å². The largest absolute Gasteiger partial charge is 0.394 e. The summed E-state index contributed by atoms with van der Waals surface area (Å²) in [5.74, 6) is -0.0885. The van der Waals surface area contributed by atoms with Crippen molar-refractivity contribution in [1.82, 2.24) is 20.4 Å². The van der Waals surface area contributed by atoms with Gasteiger partial charge in [0.1, 0.15) is 6.04 Å². The number of piperidine rings is 2. The molecule has 3 fully saturated rings. The number of carbonyl (C=O) groups excluding carboxylic acids is 3. The zero-order valence-corrected chi connectivity index (χ0v) is 18.4. The average Bonchev–Trinajstić information content (AvgIpc) is 3.56. The van der Waals surface area contributed by atoms with E-state index >= 15 is 0 Å². The summed E-state index contributed by atoms with van der Waals surface area (Å²) in [6.07, 6.45) is 4.97. The molecule has 1 unspecified atom stereocenters. The Morgan fingerprint density at radius 1 is 1.12 bits per heavy atom. The minimum atomic E-state index is -0.588. The molecule has 3 heterocycles. The number of benzene rings is 1. The highest BCUT2D eigenvalue weighted by Gasteiger charge is 2.41. The van der Waals surface area contributed by atoms with Crippen molar-refractivity contribution in [1.29, 1.82) is 0 Å². The van der Waals surface area contributed by atoms with Gasteiger partial charge in [0.05, 0.1) is 6.61 Å². The third-order valence-electron chi connectivity index (χ3n) is 7.64. The Balaban J connectivity index is 1.35. The van der Waals surface area contributed by atoms with E-state index in [2.05, 4.69) is 21.6 Å². The number of aliphatic hydroxyl groups is 1. The number of aliphatic hydroxyl groups excluding tert-OH is 1. The fourth-order valence-electron chi connectivity index (χ4n) is 5.43. The van der Waals surface area contributed by atoms with Gasteiger partial charge in [0, 0.05) is 37.2 Å². The number of imide groups is 1. The van der Waals surface area contributed by atoms with E-state index in [1.165, 1.54) is 12.8 Å². The zero-order chi connectivity index (χ0) is 22.3. The van der Waals surface area contributed by atoms with Gasteiger partial charge in [0.2, 0.25) is 11.8 Å². The minimum absolute atomic E-state index is 0.135. The van der Waals surface area contributed by atoms with E-state index in [4.69, 9.17) is 0 Å². The van der Waals surface area contributed by atoms with Gasteiger partial charge in [-0.2, -0.15) is 0 Å². The Hall–Kier alpha value is -2.29. The average molecular weight is 441 g/mol. The summed E-state index contributed by atoms with van der Waals surface area (Å²) >= 11 is 0. The fraction of sp³-hybridized carbons (Fsp3) is 0.625. The Morgan fingerprint density at radius 2 is 1.91 bits per heavy atom. The van der Waals surface area contributed by atoms with Gasteiger partial charge in [-0.1, -0.05) is 12.1 Å². The summed E-state index contributed by atoms with van der Waals surface area (Å²) in [5.41, 5.74) is 2.43. The highest BCUT2D eigenvalue weighted by Crippen LogP contribution is 2.36. The van der Waals surface area contributed by atoms with Crippen molar-refractivity contribution < 1.29 is 19.5 Å². The number of amides is 3. The van der Waals surface area contributed by atoms with Crippen LogP contribution in [0.1, 0.15) is 60.0 Å². The van der Waals surface area contributed by atoms with Crippen LogP contribution in [0.5, 0.6) is 0 Å². The molecule has 3 aliphatic heterocycles. The van der Waals surface area contributed by atoms with E-state index in [0.717, 1.165) is 43.6 Å². The van der Waals surface area contributed by atoms with Crippen LogP contribution in [0.2, 0.25) is 0 Å². The molecule has 4 aliphatic rings. The zero-order valence-electron chi connectivity index (χ0n) is 18.4. The summed E-state index contributed by atoms with van der Waals surface area (Å²) in [6.45, 7) is 4.05. The molecular formula is C24H32N4O4. The van der Waals surface area contributed by atoms with Crippen molar-refractivity contribution in [2.75, 3.05) is 26.2 Å². The molecule has 1 saturated carbocycles. The number of hydrogen-bond acceptors (Lipinski definition) is 6. The first-order valence-electron chi connectivity index (χ1n) is 11.8. The second kappa shape index (κ2) is 8.57. The lowest BCUT2D eigenvalue weighted by atomic mass is 9.86. The molecule has 5 rings (SSSR count). The Morgan fingerprint density at radius 3 is 2.59 bits per heavy atom. The fourth-order valence-corrected chi connectivity index (χ4v) is 5.43. The molecule has 1 aromatic carbocycles. The summed E-state index contributed by atoms with van der Waals surface area (Å²) in [7, 11) is 0. The third kappa shape index (κ3) is 4.07. The summed E-state index contributed by atoms with van der Waals surface area (Å²) in [5, 5.41) is 16.1. The van der Waals surface area contributed by atoms with Crippen LogP contribution in [-0.2, 0) is 22.7 Å². The number of fused-ring (bicyclic) bond motifs is 1. The van der Waals surface area contributed by atoms with Crippen LogP contribution < -0.4 is 10.6 Å². The Labute approximate surface area is 188 Å². The van der Waals surface area contributed by atoms with Crippen LogP contribution >= 0.6 is 0 Å². The van der Waals surface area contributed by atoms with E-state index < -0.39 is 6.04 Å². The van der Waals surface area contributed by atoms with Crippen molar-refractivity contribution in [3.05, 3.63) is 34.9 Å². The molecule has 2 saturated heterocycles. The van der Waals surface area contributed by atoms with Crippen molar-refractivity contribution in [3.63, 3.8) is 0 Å². The first-order valence-corrected chi connectivity index (χ1v) is 11.8. The molecule has 3 amide bonds. The molecule has 1 atom stereocenters. The minimum Gasteiger partial charge on any atom is -0.394 e.